The van der Waals surface area contributed by atoms with Crippen molar-refractivity contribution in [2.24, 2.45) is 17.8 Å². The number of amides is 3. The Morgan fingerprint density at radius 3 is 2.55 bits per heavy atom. The number of nitrogens with zero attached hydrogens (tertiary/aromatic N) is 2. The van der Waals surface area contributed by atoms with Crippen LogP contribution in [0.5, 0.6) is 0 Å². The molecule has 0 radical (unpaired) electrons. The van der Waals surface area contributed by atoms with Gasteiger partial charge in [0, 0.05) is 23.5 Å². The molecule has 5 rings (SSSR count). The molecule has 3 amide bonds. The highest BCUT2D eigenvalue weighted by molar-refractivity contribution is 9.09. The number of anilines is 1. The average molecular weight is 711 g/mol. The first kappa shape index (κ1) is 34.8. The number of fused-ring (bicyclic) bond motifs is 2. The van der Waals surface area contributed by atoms with Crippen LogP contribution in [0.1, 0.15) is 40.0 Å². The molecule has 3 heterocycles. The maximum atomic E-state index is 14.9. The second-order valence-electron chi connectivity index (χ2n) is 13.1. The van der Waals surface area contributed by atoms with E-state index in [2.05, 4.69) is 34.4 Å². The number of carbonyl (C=O) groups excluding carboxylic acids is 4. The van der Waals surface area contributed by atoms with Crippen molar-refractivity contribution >= 4 is 56.1 Å². The van der Waals surface area contributed by atoms with Crippen LogP contribution in [-0.4, -0.2) is 88.1 Å². The molecule has 3 saturated heterocycles. The number of carbonyl (C=O) groups is 4. The third-order valence-corrected chi connectivity index (χ3v) is 10.5. The summed E-state index contributed by atoms with van der Waals surface area (Å²) in [6.45, 7) is 12.9. The smallest absolute Gasteiger partial charge is 0.312 e. The lowest BCUT2D eigenvalue weighted by molar-refractivity contribution is -0.159. The van der Waals surface area contributed by atoms with Crippen LogP contribution in [-0.2, 0) is 28.7 Å². The quantitative estimate of drug-likeness (QED) is 0.172. The van der Waals surface area contributed by atoms with Crippen LogP contribution in [0.3, 0.4) is 0 Å². The molecule has 3 fully saturated rings. The summed E-state index contributed by atoms with van der Waals surface area (Å²) < 4.78 is 12.5. The minimum absolute atomic E-state index is 0.108. The van der Waals surface area contributed by atoms with Crippen LogP contribution < -0.4 is 10.2 Å². The maximum absolute atomic E-state index is 14.9. The van der Waals surface area contributed by atoms with E-state index in [4.69, 9.17) is 9.47 Å². The Morgan fingerprint density at radius 1 is 1.17 bits per heavy atom. The molecule has 0 aliphatic carbocycles. The SMILES string of the molecule is C=CCCC(=O)NC[C@@H](C)OC(=O)[C@@H]1[C@H]2O[C@@]3(CC2Br)[C@H](C(=O)N(CC=C)c2ccc4ccccc4c2)N([C@@H](CO)C(C)C)C(=O)[C@@H]13. The molecule has 2 aromatic carbocycles. The number of hydrogen-bond donors (Lipinski definition) is 2. The first-order valence-corrected chi connectivity index (χ1v) is 17.1. The topological polar surface area (TPSA) is 125 Å². The first-order chi connectivity index (χ1) is 22.5. The van der Waals surface area contributed by atoms with Gasteiger partial charge in [0.15, 0.2) is 0 Å². The van der Waals surface area contributed by atoms with Crippen LogP contribution in [0.15, 0.2) is 67.8 Å². The maximum Gasteiger partial charge on any atom is 0.312 e. The summed E-state index contributed by atoms with van der Waals surface area (Å²) in [5.74, 6) is -3.77. The zero-order valence-corrected chi connectivity index (χ0v) is 28.7. The molecule has 11 heteroatoms. The highest BCUT2D eigenvalue weighted by Gasteiger charge is 2.77. The molecule has 252 valence electrons. The monoisotopic (exact) mass is 709 g/mol. The summed E-state index contributed by atoms with van der Waals surface area (Å²) in [5, 5.41) is 15.3. The van der Waals surface area contributed by atoms with Crippen molar-refractivity contribution in [3.63, 3.8) is 0 Å². The zero-order chi connectivity index (χ0) is 34.0. The molecule has 10 nitrogen and oxygen atoms in total. The van der Waals surface area contributed by atoms with Gasteiger partial charge in [-0.25, -0.2) is 0 Å². The second kappa shape index (κ2) is 14.3. The van der Waals surface area contributed by atoms with Gasteiger partial charge in [-0.2, -0.15) is 0 Å². The van der Waals surface area contributed by atoms with Crippen molar-refractivity contribution in [1.29, 1.82) is 0 Å². The van der Waals surface area contributed by atoms with E-state index in [0.29, 0.717) is 18.5 Å². The predicted octanol–water partition coefficient (Wildman–Crippen LogP) is 4.14. The third-order valence-electron chi connectivity index (χ3n) is 9.65. The number of rotatable bonds is 14. The highest BCUT2D eigenvalue weighted by Crippen LogP contribution is 2.61. The summed E-state index contributed by atoms with van der Waals surface area (Å²) in [6.07, 6.45) is 3.05. The molecule has 2 bridgehead atoms. The summed E-state index contributed by atoms with van der Waals surface area (Å²) in [6, 6.07) is 11.8. The van der Waals surface area contributed by atoms with Crippen molar-refractivity contribution in [2.75, 3.05) is 24.6 Å². The number of aliphatic hydroxyl groups excluding tert-OH is 1. The zero-order valence-electron chi connectivity index (χ0n) is 27.1. The number of alkyl halides is 1. The number of esters is 1. The van der Waals surface area contributed by atoms with Crippen molar-refractivity contribution in [3.05, 3.63) is 67.8 Å². The van der Waals surface area contributed by atoms with Gasteiger partial charge in [-0.1, -0.05) is 72.3 Å². The van der Waals surface area contributed by atoms with Gasteiger partial charge in [0.25, 0.3) is 5.91 Å². The Morgan fingerprint density at radius 2 is 1.89 bits per heavy atom. The van der Waals surface area contributed by atoms with Gasteiger partial charge in [0.2, 0.25) is 11.8 Å². The molecule has 2 aromatic rings. The minimum atomic E-state index is -1.34. The lowest BCUT2D eigenvalue weighted by atomic mass is 9.70. The Hall–Kier alpha value is -3.54. The highest BCUT2D eigenvalue weighted by atomic mass is 79.9. The molecule has 3 aliphatic heterocycles. The van der Waals surface area contributed by atoms with Crippen molar-refractivity contribution in [1.82, 2.24) is 10.2 Å². The van der Waals surface area contributed by atoms with Gasteiger partial charge in [0.05, 0.1) is 37.1 Å². The fourth-order valence-electron chi connectivity index (χ4n) is 7.44. The first-order valence-electron chi connectivity index (χ1n) is 16.2. The van der Waals surface area contributed by atoms with Crippen LogP contribution >= 0.6 is 15.9 Å². The van der Waals surface area contributed by atoms with E-state index in [1.165, 1.54) is 4.90 Å². The average Bonchev–Trinajstić information content (AvgIpc) is 3.64. The van der Waals surface area contributed by atoms with E-state index in [0.717, 1.165) is 10.8 Å². The number of allylic oxidation sites excluding steroid dienone is 1. The van der Waals surface area contributed by atoms with Crippen molar-refractivity contribution in [2.45, 2.75) is 74.8 Å². The van der Waals surface area contributed by atoms with Gasteiger partial charge in [-0.05, 0) is 48.6 Å². The molecular weight excluding hydrogens is 666 g/mol. The van der Waals surface area contributed by atoms with E-state index >= 15 is 0 Å². The van der Waals surface area contributed by atoms with Crippen LogP contribution in [0, 0.1) is 17.8 Å². The summed E-state index contributed by atoms with van der Waals surface area (Å²) in [5.41, 5.74) is -0.703. The number of nitrogens with one attached hydrogen (secondary N) is 1. The lowest BCUT2D eigenvalue weighted by Crippen LogP contribution is -2.60. The number of halogens is 1. The molecule has 3 aliphatic rings. The number of aliphatic hydroxyl groups is 1. The Bertz CT molecular complexity index is 1550. The van der Waals surface area contributed by atoms with Crippen LogP contribution in [0.25, 0.3) is 10.8 Å². The van der Waals surface area contributed by atoms with E-state index in [9.17, 15) is 24.3 Å². The van der Waals surface area contributed by atoms with Crippen LogP contribution in [0.2, 0.25) is 0 Å². The fourth-order valence-corrected chi connectivity index (χ4v) is 8.38. The van der Waals surface area contributed by atoms with E-state index in [1.54, 1.807) is 24.0 Å². The van der Waals surface area contributed by atoms with Crippen molar-refractivity contribution in [3.8, 4) is 0 Å². The van der Waals surface area contributed by atoms with E-state index in [1.807, 2.05) is 56.3 Å². The van der Waals surface area contributed by atoms with Gasteiger partial charge >= 0.3 is 5.97 Å². The standard InChI is InChI=1S/C36H44BrN3O7/c1-6-8-13-28(42)38-19-22(5)46-35(45)29-30-33(43)40(27(20-41)21(3)4)32(36(30)18-26(37)31(29)47-36)34(44)39(16-7-2)25-15-14-23-11-9-10-12-24(23)17-25/h6-7,9-12,14-15,17,21-22,26-27,29-32,41H,1-2,8,13,16,18-20H2,3-5H3,(H,38,42)/t22-,26?,27+,29+,30-,31+,32+,36-/m1/s1. The number of hydrogen-bond acceptors (Lipinski definition) is 7. The number of ether oxygens (including phenoxy) is 2. The molecule has 0 aromatic heterocycles. The summed E-state index contributed by atoms with van der Waals surface area (Å²) in [4.78, 5) is 58.2. The molecule has 1 spiro atoms. The molecule has 1 unspecified atom stereocenters. The predicted molar refractivity (Wildman–Crippen MR) is 183 cm³/mol. The molecular formula is C36H44BrN3O7. The number of likely N-dealkylation sites (tertiary alicyclic amines) is 1. The molecule has 47 heavy (non-hydrogen) atoms. The summed E-state index contributed by atoms with van der Waals surface area (Å²) in [7, 11) is 0. The van der Waals surface area contributed by atoms with E-state index < -0.39 is 53.6 Å². The largest absolute Gasteiger partial charge is 0.460 e. The lowest BCUT2D eigenvalue weighted by Gasteiger charge is -2.40. The molecule has 2 N–H and O–H groups in total. The molecule has 0 saturated carbocycles. The van der Waals surface area contributed by atoms with Gasteiger partial charge in [-0.15, -0.1) is 13.2 Å². The number of benzene rings is 2. The van der Waals surface area contributed by atoms with Crippen LogP contribution in [0.4, 0.5) is 5.69 Å². The minimum Gasteiger partial charge on any atom is -0.460 e. The normalized spacial score (nSPS) is 27.4. The third kappa shape index (κ3) is 6.37. The second-order valence-corrected chi connectivity index (χ2v) is 14.2. The van der Waals surface area contributed by atoms with Gasteiger partial charge in [0.1, 0.15) is 17.7 Å². The Kier molecular flexibility index (Phi) is 10.6. The fraction of sp³-hybridized carbons (Fsp3) is 0.500. The molecule has 8 atom stereocenters. The Balaban J connectivity index is 1.50. The Labute approximate surface area is 284 Å². The van der Waals surface area contributed by atoms with Crippen molar-refractivity contribution < 1.29 is 33.8 Å². The summed E-state index contributed by atoms with van der Waals surface area (Å²) >= 11 is 3.70. The van der Waals surface area contributed by atoms with Gasteiger partial charge in [-0.3, -0.25) is 19.2 Å². The van der Waals surface area contributed by atoms with Gasteiger partial charge < -0.3 is 29.7 Å². The van der Waals surface area contributed by atoms with E-state index in [-0.39, 0.29) is 48.7 Å².